The van der Waals surface area contributed by atoms with E-state index in [1.807, 2.05) is 19.1 Å². The fourth-order valence-electron chi connectivity index (χ4n) is 3.61. The largest absolute Gasteiger partial charge is 0.493 e. The number of ether oxygens (including phenoxy) is 2. The first kappa shape index (κ1) is 17.1. The lowest BCUT2D eigenvalue weighted by atomic mass is 9.98. The minimum Gasteiger partial charge on any atom is -0.493 e. The number of carbonyl (C=O) groups excluding carboxylic acids is 1. The van der Waals surface area contributed by atoms with Crippen molar-refractivity contribution in [2.45, 2.75) is 13.0 Å². The predicted molar refractivity (Wildman–Crippen MR) is 101 cm³/mol. The summed E-state index contributed by atoms with van der Waals surface area (Å²) in [6, 6.07) is 10.2. The predicted octanol–water partition coefficient (Wildman–Crippen LogP) is 3.29. The van der Waals surface area contributed by atoms with Gasteiger partial charge in [0, 0.05) is 7.05 Å². The molecule has 6 nitrogen and oxygen atoms in total. The van der Waals surface area contributed by atoms with E-state index in [0.717, 1.165) is 11.1 Å². The summed E-state index contributed by atoms with van der Waals surface area (Å²) in [7, 11) is 4.76. The smallest absolute Gasteiger partial charge is 0.290 e. The van der Waals surface area contributed by atoms with Gasteiger partial charge in [0.25, 0.3) is 5.91 Å². The van der Waals surface area contributed by atoms with Crippen molar-refractivity contribution in [1.82, 2.24) is 4.90 Å². The lowest BCUT2D eigenvalue weighted by Crippen LogP contribution is -2.25. The van der Waals surface area contributed by atoms with Gasteiger partial charge in [0.05, 0.1) is 31.2 Å². The van der Waals surface area contributed by atoms with Crippen molar-refractivity contribution >= 4 is 16.9 Å². The molecule has 0 saturated carbocycles. The van der Waals surface area contributed by atoms with E-state index in [1.54, 1.807) is 45.5 Å². The Balaban J connectivity index is 1.98. The third-order valence-electron chi connectivity index (χ3n) is 4.98. The molecule has 3 aromatic rings. The van der Waals surface area contributed by atoms with Gasteiger partial charge in [-0.1, -0.05) is 17.7 Å². The second-order valence-corrected chi connectivity index (χ2v) is 6.61. The van der Waals surface area contributed by atoms with E-state index in [1.165, 1.54) is 4.90 Å². The lowest BCUT2D eigenvalue weighted by molar-refractivity contribution is 0.0771. The quantitative estimate of drug-likeness (QED) is 0.712. The molecule has 1 aliphatic rings. The van der Waals surface area contributed by atoms with Crippen LogP contribution in [0.25, 0.3) is 11.0 Å². The molecular formula is C21H19NO5. The molecule has 0 bridgehead atoms. The van der Waals surface area contributed by atoms with Crippen molar-refractivity contribution in [3.05, 3.63) is 69.1 Å². The fraction of sp³-hybridized carbons (Fsp3) is 0.238. The molecule has 0 spiro atoms. The SMILES string of the molecule is COc1ccc([C@H]2c3c(oc4ccc(C)cc4c3=O)C(=O)N2C)cc1OC. The van der Waals surface area contributed by atoms with Crippen LogP contribution in [0.5, 0.6) is 11.5 Å². The highest BCUT2D eigenvalue weighted by Crippen LogP contribution is 2.39. The third-order valence-corrected chi connectivity index (χ3v) is 4.98. The number of hydrogen-bond donors (Lipinski definition) is 0. The van der Waals surface area contributed by atoms with Crippen LogP contribution in [0.2, 0.25) is 0 Å². The van der Waals surface area contributed by atoms with E-state index in [0.29, 0.717) is 28.0 Å². The van der Waals surface area contributed by atoms with Crippen LogP contribution in [0.15, 0.2) is 45.6 Å². The normalized spacial score (nSPS) is 15.9. The fourth-order valence-corrected chi connectivity index (χ4v) is 3.61. The van der Waals surface area contributed by atoms with Crippen LogP contribution in [0.4, 0.5) is 0 Å². The van der Waals surface area contributed by atoms with Gasteiger partial charge in [0.2, 0.25) is 5.76 Å². The van der Waals surface area contributed by atoms with Gasteiger partial charge in [-0.25, -0.2) is 0 Å². The van der Waals surface area contributed by atoms with Crippen LogP contribution in [0.1, 0.15) is 33.3 Å². The molecule has 2 heterocycles. The average Bonchev–Trinajstić information content (AvgIpc) is 2.93. The zero-order valence-corrected chi connectivity index (χ0v) is 15.5. The van der Waals surface area contributed by atoms with Crippen molar-refractivity contribution < 1.29 is 18.7 Å². The number of carbonyl (C=O) groups is 1. The number of aryl methyl sites for hydroxylation is 1. The topological polar surface area (TPSA) is 69.0 Å². The Labute approximate surface area is 155 Å². The Kier molecular flexibility index (Phi) is 3.91. The van der Waals surface area contributed by atoms with Gasteiger partial charge in [-0.3, -0.25) is 9.59 Å². The summed E-state index contributed by atoms with van der Waals surface area (Å²) in [5.41, 5.74) is 2.29. The Morgan fingerprint density at radius 1 is 1.00 bits per heavy atom. The standard InChI is InChI=1S/C21H19NO5/c1-11-5-7-14-13(9-11)19(23)17-18(22(2)21(24)20(17)27-14)12-6-8-15(25-3)16(10-12)26-4/h5-10,18H,1-4H3/t18-/m0/s1. The van der Waals surface area contributed by atoms with E-state index < -0.39 is 6.04 Å². The summed E-state index contributed by atoms with van der Waals surface area (Å²) in [5.74, 6) is 0.892. The van der Waals surface area contributed by atoms with Crippen LogP contribution in [-0.4, -0.2) is 32.1 Å². The molecule has 0 radical (unpaired) electrons. The average molecular weight is 365 g/mol. The van der Waals surface area contributed by atoms with Gasteiger partial charge < -0.3 is 18.8 Å². The Bertz CT molecular complexity index is 1130. The molecule has 0 aliphatic carbocycles. The van der Waals surface area contributed by atoms with Gasteiger partial charge in [-0.05, 0) is 36.8 Å². The number of nitrogens with zero attached hydrogens (tertiary/aromatic N) is 1. The second-order valence-electron chi connectivity index (χ2n) is 6.61. The summed E-state index contributed by atoms with van der Waals surface area (Å²) in [6.45, 7) is 1.91. The number of rotatable bonds is 3. The van der Waals surface area contributed by atoms with Crippen molar-refractivity contribution in [1.29, 1.82) is 0 Å². The first-order valence-corrected chi connectivity index (χ1v) is 8.52. The number of fused-ring (bicyclic) bond motifs is 2. The van der Waals surface area contributed by atoms with Gasteiger partial charge >= 0.3 is 0 Å². The van der Waals surface area contributed by atoms with Crippen LogP contribution in [0, 0.1) is 6.92 Å². The summed E-state index contributed by atoms with van der Waals surface area (Å²) < 4.78 is 16.5. The van der Waals surface area contributed by atoms with E-state index >= 15 is 0 Å². The van der Waals surface area contributed by atoms with Crippen molar-refractivity contribution in [2.75, 3.05) is 21.3 Å². The molecule has 138 valence electrons. The summed E-state index contributed by atoms with van der Waals surface area (Å²) in [4.78, 5) is 27.5. The van der Waals surface area contributed by atoms with Gasteiger partial charge in [-0.2, -0.15) is 0 Å². The number of benzene rings is 2. The Morgan fingerprint density at radius 2 is 1.74 bits per heavy atom. The summed E-state index contributed by atoms with van der Waals surface area (Å²) in [6.07, 6.45) is 0. The van der Waals surface area contributed by atoms with E-state index in [9.17, 15) is 9.59 Å². The molecule has 1 aromatic heterocycles. The molecule has 0 fully saturated rings. The lowest BCUT2D eigenvalue weighted by Gasteiger charge is -2.21. The monoisotopic (exact) mass is 365 g/mol. The molecule has 2 aromatic carbocycles. The van der Waals surface area contributed by atoms with Gasteiger partial charge in [0.1, 0.15) is 5.58 Å². The van der Waals surface area contributed by atoms with Gasteiger partial charge in [0.15, 0.2) is 16.9 Å². The number of hydrogen-bond acceptors (Lipinski definition) is 5. The zero-order chi connectivity index (χ0) is 19.3. The molecule has 4 rings (SSSR count). The Hall–Kier alpha value is -3.28. The van der Waals surface area contributed by atoms with Crippen molar-refractivity contribution in [2.24, 2.45) is 0 Å². The second kappa shape index (κ2) is 6.16. The minimum atomic E-state index is -0.548. The summed E-state index contributed by atoms with van der Waals surface area (Å²) in [5, 5.41) is 0.474. The van der Waals surface area contributed by atoms with E-state index in [4.69, 9.17) is 13.9 Å². The molecular weight excluding hydrogens is 346 g/mol. The van der Waals surface area contributed by atoms with Crippen LogP contribution in [-0.2, 0) is 0 Å². The van der Waals surface area contributed by atoms with Crippen molar-refractivity contribution in [3.63, 3.8) is 0 Å². The minimum absolute atomic E-state index is 0.0960. The first-order valence-electron chi connectivity index (χ1n) is 8.52. The molecule has 1 aliphatic heterocycles. The van der Waals surface area contributed by atoms with Crippen LogP contribution < -0.4 is 14.9 Å². The van der Waals surface area contributed by atoms with Crippen molar-refractivity contribution in [3.8, 4) is 11.5 Å². The highest BCUT2D eigenvalue weighted by Gasteiger charge is 2.40. The third kappa shape index (κ3) is 2.48. The summed E-state index contributed by atoms with van der Waals surface area (Å²) >= 11 is 0. The van der Waals surface area contributed by atoms with Gasteiger partial charge in [-0.15, -0.1) is 0 Å². The van der Waals surface area contributed by atoms with E-state index in [2.05, 4.69) is 0 Å². The molecule has 0 N–H and O–H groups in total. The number of methoxy groups -OCH3 is 2. The number of amides is 1. The first-order chi connectivity index (χ1) is 13.0. The molecule has 1 atom stereocenters. The molecule has 0 saturated heterocycles. The maximum Gasteiger partial charge on any atom is 0.290 e. The van der Waals surface area contributed by atoms with E-state index in [-0.39, 0.29) is 17.1 Å². The maximum absolute atomic E-state index is 13.2. The molecule has 27 heavy (non-hydrogen) atoms. The highest BCUT2D eigenvalue weighted by molar-refractivity contribution is 5.98. The molecule has 0 unspecified atom stereocenters. The molecule has 1 amide bonds. The van der Waals surface area contributed by atoms with Crippen LogP contribution in [0.3, 0.4) is 0 Å². The Morgan fingerprint density at radius 3 is 2.44 bits per heavy atom. The highest BCUT2D eigenvalue weighted by atomic mass is 16.5. The zero-order valence-electron chi connectivity index (χ0n) is 15.5. The maximum atomic E-state index is 13.2. The van der Waals surface area contributed by atoms with Crippen LogP contribution >= 0.6 is 0 Å². The molecule has 6 heteroatoms.